The Kier molecular flexibility index (Phi) is 6.47. The summed E-state index contributed by atoms with van der Waals surface area (Å²) in [6.07, 6.45) is 0. The lowest BCUT2D eigenvalue weighted by atomic mass is 9.93. The van der Waals surface area contributed by atoms with E-state index in [1.165, 1.54) is 59.4 Å². The van der Waals surface area contributed by atoms with Crippen molar-refractivity contribution in [2.75, 3.05) is 0 Å². The first-order chi connectivity index (χ1) is 27.3. The van der Waals surface area contributed by atoms with E-state index in [-0.39, 0.29) is 0 Å². The third-order valence-corrected chi connectivity index (χ3v) is 12.2. The second kappa shape index (κ2) is 11.7. The molecule has 12 aromatic rings. The van der Waals surface area contributed by atoms with Crippen LogP contribution in [0, 0.1) is 0 Å². The summed E-state index contributed by atoms with van der Waals surface area (Å²) in [4.78, 5) is 11.1. The molecular formula is C50H30N4S. The molecule has 5 heteroatoms. The summed E-state index contributed by atoms with van der Waals surface area (Å²) in [5, 5.41) is 6.18. The number of para-hydroxylation sites is 6. The zero-order valence-electron chi connectivity index (χ0n) is 29.5. The van der Waals surface area contributed by atoms with Crippen LogP contribution in [0.15, 0.2) is 182 Å². The number of aromatic nitrogens is 4. The van der Waals surface area contributed by atoms with E-state index in [0.29, 0.717) is 0 Å². The molecule has 4 heterocycles. The smallest absolute Gasteiger partial charge is 0.143 e. The van der Waals surface area contributed by atoms with E-state index >= 15 is 0 Å². The minimum Gasteiger partial charge on any atom is -0.309 e. The molecule has 0 aliphatic heterocycles. The lowest BCUT2D eigenvalue weighted by Crippen LogP contribution is -1.95. The van der Waals surface area contributed by atoms with Crippen molar-refractivity contribution in [3.8, 4) is 33.6 Å². The molecule has 0 atom stereocenters. The van der Waals surface area contributed by atoms with Gasteiger partial charge >= 0.3 is 0 Å². The fraction of sp³-hybridized carbons (Fsp3) is 0. The van der Waals surface area contributed by atoms with Gasteiger partial charge in [-0.15, -0.1) is 11.3 Å². The Balaban J connectivity index is 1.05. The van der Waals surface area contributed by atoms with Crippen LogP contribution in [0.2, 0.25) is 0 Å². The van der Waals surface area contributed by atoms with E-state index < -0.39 is 0 Å². The van der Waals surface area contributed by atoms with E-state index in [9.17, 15) is 0 Å². The minimum absolute atomic E-state index is 0.913. The molecule has 0 saturated heterocycles. The summed E-state index contributed by atoms with van der Waals surface area (Å²) in [5.41, 5.74) is 14.6. The molecule has 12 rings (SSSR count). The Morgan fingerprint density at radius 1 is 0.364 bits per heavy atom. The Hall–Kier alpha value is -7.08. The molecule has 4 nitrogen and oxygen atoms in total. The topological polar surface area (TPSA) is 35.6 Å². The van der Waals surface area contributed by atoms with Gasteiger partial charge in [0.05, 0.1) is 33.1 Å². The number of hydrogen-bond acceptors (Lipinski definition) is 3. The summed E-state index contributed by atoms with van der Waals surface area (Å²) in [7, 11) is 0. The molecule has 0 bridgehead atoms. The molecule has 0 amide bonds. The molecule has 0 unspecified atom stereocenters. The first-order valence-electron chi connectivity index (χ1n) is 18.6. The van der Waals surface area contributed by atoms with Gasteiger partial charge in [-0.3, -0.25) is 0 Å². The molecule has 4 aromatic heterocycles. The molecule has 0 radical (unpaired) electrons. The molecule has 0 aliphatic rings. The standard InChI is InChI=1S/C50H30N4S/c1-7-17-44-35(11-1)36-12-2-8-18-45(36)53(44)33-25-21-31(22-26-33)39-29-41-48(55-50-49(41)51-42-15-5-6-16-43(42)52-50)30-40(39)32-23-27-34(28-24-32)54-46-19-9-3-13-37(46)38-14-4-10-20-47(38)54/h1-30H. The molecule has 8 aromatic carbocycles. The molecular weight excluding hydrogens is 689 g/mol. The van der Waals surface area contributed by atoms with E-state index in [1.54, 1.807) is 11.3 Å². The predicted molar refractivity (Wildman–Crippen MR) is 232 cm³/mol. The summed E-state index contributed by atoms with van der Waals surface area (Å²) in [6.45, 7) is 0. The van der Waals surface area contributed by atoms with Gasteiger partial charge in [-0.05, 0) is 95.1 Å². The van der Waals surface area contributed by atoms with Gasteiger partial charge in [0.1, 0.15) is 10.3 Å². The number of fused-ring (bicyclic) bond motifs is 10. The molecule has 0 N–H and O–H groups in total. The number of benzene rings is 8. The Labute approximate surface area is 319 Å². The average Bonchev–Trinajstić information content (AvgIpc) is 3.89. The van der Waals surface area contributed by atoms with Gasteiger partial charge in [0.25, 0.3) is 0 Å². The quantitative estimate of drug-likeness (QED) is 0.182. The number of thiophene rings is 1. The van der Waals surface area contributed by atoms with E-state index in [2.05, 4.69) is 167 Å². The van der Waals surface area contributed by atoms with Crippen molar-refractivity contribution in [2.45, 2.75) is 0 Å². The second-order valence-electron chi connectivity index (χ2n) is 14.2. The highest BCUT2D eigenvalue weighted by molar-refractivity contribution is 7.25. The maximum Gasteiger partial charge on any atom is 0.143 e. The first-order valence-corrected chi connectivity index (χ1v) is 19.4. The van der Waals surface area contributed by atoms with Crippen LogP contribution in [0.3, 0.4) is 0 Å². The molecule has 55 heavy (non-hydrogen) atoms. The van der Waals surface area contributed by atoms with Crippen LogP contribution in [-0.4, -0.2) is 19.1 Å². The van der Waals surface area contributed by atoms with Crippen LogP contribution in [-0.2, 0) is 0 Å². The van der Waals surface area contributed by atoms with Gasteiger partial charge in [-0.1, -0.05) is 109 Å². The van der Waals surface area contributed by atoms with Crippen LogP contribution in [0.5, 0.6) is 0 Å². The van der Waals surface area contributed by atoms with E-state index in [1.807, 2.05) is 24.3 Å². The SMILES string of the molecule is c1ccc2nc3c(nc2c1)sc1cc(-c2ccc(-n4c5ccccc5c5ccccc54)cc2)c(-c2ccc(-n4c5ccccc5c5ccccc54)cc2)cc13. The summed E-state index contributed by atoms with van der Waals surface area (Å²) in [6, 6.07) is 65.6. The lowest BCUT2D eigenvalue weighted by Gasteiger charge is -2.14. The molecule has 0 fully saturated rings. The Morgan fingerprint density at radius 2 is 0.764 bits per heavy atom. The van der Waals surface area contributed by atoms with Gasteiger partial charge in [-0.2, -0.15) is 0 Å². The van der Waals surface area contributed by atoms with Crippen molar-refractivity contribution in [3.05, 3.63) is 182 Å². The first kappa shape index (κ1) is 30.4. The Morgan fingerprint density at radius 3 is 1.24 bits per heavy atom. The fourth-order valence-corrected chi connectivity index (χ4v) is 9.69. The second-order valence-corrected chi connectivity index (χ2v) is 15.2. The molecule has 0 spiro atoms. The molecule has 0 aliphatic carbocycles. The maximum atomic E-state index is 5.14. The van der Waals surface area contributed by atoms with Gasteiger partial charge in [-0.25, -0.2) is 9.97 Å². The summed E-state index contributed by atoms with van der Waals surface area (Å²) >= 11 is 1.72. The molecule has 0 saturated carbocycles. The monoisotopic (exact) mass is 718 g/mol. The van der Waals surface area contributed by atoms with Crippen LogP contribution in [0.4, 0.5) is 0 Å². The van der Waals surface area contributed by atoms with E-state index in [4.69, 9.17) is 9.97 Å². The maximum absolute atomic E-state index is 5.14. The average molecular weight is 719 g/mol. The fourth-order valence-electron chi connectivity index (χ4n) is 8.64. The number of hydrogen-bond donors (Lipinski definition) is 0. The summed E-state index contributed by atoms with van der Waals surface area (Å²) < 4.78 is 5.93. The van der Waals surface area contributed by atoms with Crippen molar-refractivity contribution in [3.63, 3.8) is 0 Å². The predicted octanol–water partition coefficient (Wildman–Crippen LogP) is 13.5. The van der Waals surface area contributed by atoms with Crippen LogP contribution < -0.4 is 0 Å². The number of nitrogens with zero attached hydrogens (tertiary/aromatic N) is 4. The minimum atomic E-state index is 0.913. The zero-order valence-corrected chi connectivity index (χ0v) is 30.3. The highest BCUT2D eigenvalue weighted by Gasteiger charge is 2.18. The third kappa shape index (κ3) is 4.57. The third-order valence-electron chi connectivity index (χ3n) is 11.2. The number of rotatable bonds is 4. The van der Waals surface area contributed by atoms with Crippen LogP contribution in [0.1, 0.15) is 0 Å². The van der Waals surface area contributed by atoms with Crippen molar-refractivity contribution in [1.29, 1.82) is 0 Å². The van der Waals surface area contributed by atoms with Crippen molar-refractivity contribution in [1.82, 2.24) is 19.1 Å². The largest absolute Gasteiger partial charge is 0.309 e. The van der Waals surface area contributed by atoms with Gasteiger partial charge in [0.15, 0.2) is 0 Å². The zero-order chi connectivity index (χ0) is 36.0. The van der Waals surface area contributed by atoms with E-state index in [0.717, 1.165) is 49.3 Å². The normalized spacial score (nSPS) is 12.0. The Bertz CT molecular complexity index is 3370. The van der Waals surface area contributed by atoms with Crippen molar-refractivity contribution >= 4 is 86.4 Å². The summed E-state index contributed by atoms with van der Waals surface area (Å²) in [5.74, 6) is 0. The highest BCUT2D eigenvalue weighted by Crippen LogP contribution is 2.42. The van der Waals surface area contributed by atoms with Crippen molar-refractivity contribution in [2.24, 2.45) is 0 Å². The van der Waals surface area contributed by atoms with Gasteiger partial charge in [0, 0.05) is 43.0 Å². The lowest BCUT2D eigenvalue weighted by molar-refractivity contribution is 1.18. The van der Waals surface area contributed by atoms with Crippen LogP contribution >= 0.6 is 11.3 Å². The van der Waals surface area contributed by atoms with Gasteiger partial charge in [0.2, 0.25) is 0 Å². The van der Waals surface area contributed by atoms with Crippen LogP contribution in [0.25, 0.3) is 109 Å². The molecule has 256 valence electrons. The van der Waals surface area contributed by atoms with Gasteiger partial charge < -0.3 is 9.13 Å². The highest BCUT2D eigenvalue weighted by atomic mass is 32.1. The van der Waals surface area contributed by atoms with Crippen molar-refractivity contribution < 1.29 is 0 Å².